The van der Waals surface area contributed by atoms with E-state index in [0.717, 1.165) is 11.8 Å². The minimum absolute atomic E-state index is 0.0423. The number of nitrogens with one attached hydrogen (secondary N) is 2. The SMILES string of the molecule is CC(O)(CO)CNC(=O)C1CSC(=O)N1. The van der Waals surface area contributed by atoms with E-state index in [2.05, 4.69) is 10.6 Å². The lowest BCUT2D eigenvalue weighted by molar-refractivity contribution is -0.123. The number of thioether (sulfide) groups is 1. The molecule has 0 aromatic carbocycles. The van der Waals surface area contributed by atoms with E-state index in [9.17, 15) is 14.7 Å². The normalized spacial score (nSPS) is 24.5. The molecule has 7 heteroatoms. The minimum Gasteiger partial charge on any atom is -0.393 e. The summed E-state index contributed by atoms with van der Waals surface area (Å²) in [7, 11) is 0. The molecule has 1 aliphatic heterocycles. The molecule has 0 saturated carbocycles. The molecule has 0 spiro atoms. The van der Waals surface area contributed by atoms with Gasteiger partial charge in [-0.2, -0.15) is 0 Å². The standard InChI is InChI=1S/C8H14N2O4S/c1-8(14,4-11)3-9-6(12)5-2-15-7(13)10-5/h5,11,14H,2-4H2,1H3,(H,9,12)(H,10,13). The molecule has 1 rings (SSSR count). The van der Waals surface area contributed by atoms with Crippen LogP contribution in [0.3, 0.4) is 0 Å². The average Bonchev–Trinajstić information content (AvgIpc) is 2.61. The Bertz CT molecular complexity index is 269. The fourth-order valence-electron chi connectivity index (χ4n) is 0.982. The highest BCUT2D eigenvalue weighted by atomic mass is 32.2. The quantitative estimate of drug-likeness (QED) is 0.483. The van der Waals surface area contributed by atoms with Crippen LogP contribution in [0.4, 0.5) is 4.79 Å². The molecule has 2 unspecified atom stereocenters. The largest absolute Gasteiger partial charge is 0.393 e. The van der Waals surface area contributed by atoms with Gasteiger partial charge >= 0.3 is 0 Å². The molecule has 0 bridgehead atoms. The van der Waals surface area contributed by atoms with Gasteiger partial charge in [0.2, 0.25) is 5.91 Å². The summed E-state index contributed by atoms with van der Waals surface area (Å²) in [5, 5.41) is 22.9. The zero-order chi connectivity index (χ0) is 11.5. The maximum atomic E-state index is 11.4. The molecule has 1 fully saturated rings. The number of amides is 2. The summed E-state index contributed by atoms with van der Waals surface area (Å²) < 4.78 is 0. The van der Waals surface area contributed by atoms with Gasteiger partial charge in [0.25, 0.3) is 5.24 Å². The highest BCUT2D eigenvalue weighted by Crippen LogP contribution is 2.12. The van der Waals surface area contributed by atoms with Crippen LogP contribution in [0.5, 0.6) is 0 Å². The number of aliphatic hydroxyl groups is 2. The molecular weight excluding hydrogens is 220 g/mol. The molecule has 1 heterocycles. The van der Waals surface area contributed by atoms with Crippen molar-refractivity contribution in [2.24, 2.45) is 0 Å². The van der Waals surface area contributed by atoms with Crippen molar-refractivity contribution in [1.82, 2.24) is 10.6 Å². The first-order valence-electron chi connectivity index (χ1n) is 4.49. The zero-order valence-corrected chi connectivity index (χ0v) is 9.13. The Kier molecular flexibility index (Phi) is 3.95. The summed E-state index contributed by atoms with van der Waals surface area (Å²) in [6, 6.07) is -0.544. The fourth-order valence-corrected chi connectivity index (χ4v) is 1.76. The van der Waals surface area contributed by atoms with Gasteiger partial charge in [0.05, 0.1) is 6.61 Å². The Hall–Kier alpha value is -0.790. The lowest BCUT2D eigenvalue weighted by Crippen LogP contribution is -2.49. The Morgan fingerprint density at radius 3 is 2.93 bits per heavy atom. The third-order valence-corrected chi connectivity index (χ3v) is 2.85. The van der Waals surface area contributed by atoms with E-state index in [-0.39, 0.29) is 17.7 Å². The van der Waals surface area contributed by atoms with Crippen LogP contribution in [-0.4, -0.2) is 51.9 Å². The van der Waals surface area contributed by atoms with Crippen LogP contribution in [-0.2, 0) is 4.79 Å². The highest BCUT2D eigenvalue weighted by molar-refractivity contribution is 8.14. The maximum absolute atomic E-state index is 11.4. The molecule has 0 aromatic rings. The van der Waals surface area contributed by atoms with Crippen molar-refractivity contribution in [2.45, 2.75) is 18.6 Å². The van der Waals surface area contributed by atoms with Crippen LogP contribution in [0.1, 0.15) is 6.92 Å². The maximum Gasteiger partial charge on any atom is 0.279 e. The van der Waals surface area contributed by atoms with Crippen LogP contribution >= 0.6 is 11.8 Å². The molecule has 2 amide bonds. The first kappa shape index (κ1) is 12.3. The fraction of sp³-hybridized carbons (Fsp3) is 0.750. The number of aliphatic hydroxyl groups excluding tert-OH is 1. The number of rotatable bonds is 4. The van der Waals surface area contributed by atoms with Gasteiger partial charge in [-0.1, -0.05) is 11.8 Å². The molecule has 0 radical (unpaired) electrons. The van der Waals surface area contributed by atoms with Gasteiger partial charge in [0.15, 0.2) is 0 Å². The summed E-state index contributed by atoms with van der Waals surface area (Å²) in [4.78, 5) is 22.2. The van der Waals surface area contributed by atoms with Gasteiger partial charge in [-0.3, -0.25) is 9.59 Å². The van der Waals surface area contributed by atoms with Gasteiger partial charge in [-0.15, -0.1) is 0 Å². The summed E-state index contributed by atoms with van der Waals surface area (Å²) in [6.45, 7) is 0.938. The average molecular weight is 234 g/mol. The molecule has 6 nitrogen and oxygen atoms in total. The Balaban J connectivity index is 2.33. The van der Waals surface area contributed by atoms with E-state index in [4.69, 9.17) is 5.11 Å². The van der Waals surface area contributed by atoms with Gasteiger partial charge in [0, 0.05) is 12.3 Å². The van der Waals surface area contributed by atoms with Crippen molar-refractivity contribution in [3.63, 3.8) is 0 Å². The van der Waals surface area contributed by atoms with Crippen LogP contribution in [0.25, 0.3) is 0 Å². The topological polar surface area (TPSA) is 98.7 Å². The van der Waals surface area contributed by atoms with Crippen molar-refractivity contribution in [3.05, 3.63) is 0 Å². The van der Waals surface area contributed by atoms with Crippen LogP contribution in [0.15, 0.2) is 0 Å². The molecule has 4 N–H and O–H groups in total. The van der Waals surface area contributed by atoms with Crippen LogP contribution < -0.4 is 10.6 Å². The molecule has 2 atom stereocenters. The summed E-state index contributed by atoms with van der Waals surface area (Å²) >= 11 is 1.05. The molecular formula is C8H14N2O4S. The van der Waals surface area contributed by atoms with E-state index >= 15 is 0 Å². The van der Waals surface area contributed by atoms with Crippen molar-refractivity contribution >= 4 is 22.9 Å². The third kappa shape index (κ3) is 3.69. The Morgan fingerprint density at radius 1 is 1.80 bits per heavy atom. The van der Waals surface area contributed by atoms with E-state index in [1.807, 2.05) is 0 Å². The number of carbonyl (C=O) groups excluding carboxylic acids is 2. The van der Waals surface area contributed by atoms with E-state index in [0.29, 0.717) is 5.75 Å². The van der Waals surface area contributed by atoms with Crippen LogP contribution in [0.2, 0.25) is 0 Å². The van der Waals surface area contributed by atoms with Crippen molar-refractivity contribution in [1.29, 1.82) is 0 Å². The van der Waals surface area contributed by atoms with Gasteiger partial charge < -0.3 is 20.8 Å². The predicted octanol–water partition coefficient (Wildman–Crippen LogP) is -1.33. The van der Waals surface area contributed by atoms with E-state index < -0.39 is 18.2 Å². The van der Waals surface area contributed by atoms with Crippen molar-refractivity contribution in [2.75, 3.05) is 18.9 Å². The predicted molar refractivity (Wildman–Crippen MR) is 55.5 cm³/mol. The number of hydrogen-bond donors (Lipinski definition) is 4. The monoisotopic (exact) mass is 234 g/mol. The van der Waals surface area contributed by atoms with Crippen molar-refractivity contribution in [3.8, 4) is 0 Å². The lowest BCUT2D eigenvalue weighted by atomic mass is 10.1. The second-order valence-electron chi connectivity index (χ2n) is 3.67. The van der Waals surface area contributed by atoms with Crippen molar-refractivity contribution < 1.29 is 19.8 Å². The third-order valence-electron chi connectivity index (χ3n) is 1.97. The first-order chi connectivity index (χ1) is 6.94. The zero-order valence-electron chi connectivity index (χ0n) is 8.32. The molecule has 1 saturated heterocycles. The molecule has 0 aromatic heterocycles. The number of carbonyl (C=O) groups is 2. The second-order valence-corrected chi connectivity index (χ2v) is 4.66. The van der Waals surface area contributed by atoms with Crippen LogP contribution in [0, 0.1) is 0 Å². The Morgan fingerprint density at radius 2 is 2.47 bits per heavy atom. The highest BCUT2D eigenvalue weighted by Gasteiger charge is 2.29. The van der Waals surface area contributed by atoms with E-state index in [1.165, 1.54) is 6.92 Å². The molecule has 86 valence electrons. The lowest BCUT2D eigenvalue weighted by Gasteiger charge is -2.21. The number of hydrogen-bond acceptors (Lipinski definition) is 5. The van der Waals surface area contributed by atoms with Gasteiger partial charge in [-0.25, -0.2) is 0 Å². The summed E-state index contributed by atoms with van der Waals surface area (Å²) in [5.41, 5.74) is -1.33. The molecule has 1 aliphatic rings. The van der Waals surface area contributed by atoms with Gasteiger partial charge in [-0.05, 0) is 6.92 Å². The molecule has 0 aliphatic carbocycles. The first-order valence-corrected chi connectivity index (χ1v) is 5.47. The molecule has 15 heavy (non-hydrogen) atoms. The summed E-state index contributed by atoms with van der Waals surface area (Å²) in [5.74, 6) is 0.0495. The van der Waals surface area contributed by atoms with E-state index in [1.54, 1.807) is 0 Å². The smallest absolute Gasteiger partial charge is 0.279 e. The van der Waals surface area contributed by atoms with Gasteiger partial charge in [0.1, 0.15) is 11.6 Å². The second kappa shape index (κ2) is 4.82. The Labute approximate surface area is 91.4 Å². The summed E-state index contributed by atoms with van der Waals surface area (Å²) in [6.07, 6.45) is 0. The minimum atomic E-state index is -1.33.